The Morgan fingerprint density at radius 2 is 1.85 bits per heavy atom. The topological polar surface area (TPSA) is 73.0 Å². The molecule has 0 aliphatic rings. The molecule has 0 aliphatic carbocycles. The number of carbonyl (C=O) groups excluding carboxylic acids is 2. The summed E-state index contributed by atoms with van der Waals surface area (Å²) >= 11 is 0. The van der Waals surface area contributed by atoms with Gasteiger partial charge < -0.3 is 4.90 Å². The van der Waals surface area contributed by atoms with E-state index in [0.717, 1.165) is 11.3 Å². The first kappa shape index (κ1) is 17.6. The van der Waals surface area contributed by atoms with Crippen molar-refractivity contribution < 1.29 is 9.59 Å². The number of ketones is 1. The van der Waals surface area contributed by atoms with Gasteiger partial charge in [0, 0.05) is 32.4 Å². The van der Waals surface area contributed by atoms with Crippen molar-refractivity contribution in [2.75, 3.05) is 7.05 Å². The van der Waals surface area contributed by atoms with Crippen LogP contribution in [0.3, 0.4) is 0 Å². The minimum absolute atomic E-state index is 0.323. The normalized spacial score (nSPS) is 10.8. The van der Waals surface area contributed by atoms with Gasteiger partial charge in [-0.05, 0) is 26.0 Å². The summed E-state index contributed by atoms with van der Waals surface area (Å²) in [6.45, 7) is 3.87. The molecule has 1 aromatic carbocycles. The number of rotatable bonds is 5. The maximum absolute atomic E-state index is 12.8. The molecule has 134 valence electrons. The van der Waals surface area contributed by atoms with Gasteiger partial charge in [0.1, 0.15) is 0 Å². The van der Waals surface area contributed by atoms with Crippen LogP contribution in [0, 0.1) is 13.8 Å². The highest BCUT2D eigenvalue weighted by atomic mass is 16.2. The number of nitrogens with zero attached hydrogens (tertiary/aromatic N) is 5. The summed E-state index contributed by atoms with van der Waals surface area (Å²) in [5.74, 6) is -1.11. The molecular formula is C19H21N5O2. The number of Topliss-reactive ketones (excluding diaryl/α,β-unsaturated/α-hetero) is 1. The quantitative estimate of drug-likeness (QED) is 0.521. The Morgan fingerprint density at radius 3 is 2.46 bits per heavy atom. The molecule has 1 amide bonds. The predicted molar refractivity (Wildman–Crippen MR) is 97.1 cm³/mol. The van der Waals surface area contributed by atoms with Gasteiger partial charge in [0.05, 0.1) is 28.8 Å². The smallest absolute Gasteiger partial charge is 0.295 e. The van der Waals surface area contributed by atoms with E-state index in [1.165, 1.54) is 4.90 Å². The zero-order chi connectivity index (χ0) is 18.8. The van der Waals surface area contributed by atoms with Crippen LogP contribution in [0.25, 0.3) is 5.69 Å². The van der Waals surface area contributed by atoms with Crippen molar-refractivity contribution >= 4 is 11.7 Å². The number of aromatic nitrogens is 4. The molecule has 0 saturated carbocycles. The van der Waals surface area contributed by atoms with E-state index in [0.29, 0.717) is 23.5 Å². The SMILES string of the molecule is Cc1nn(-c2ccccc2)c(C)c1C(=O)C(=O)N(C)Cc1cnn(C)c1. The third-order valence-electron chi connectivity index (χ3n) is 4.24. The van der Waals surface area contributed by atoms with Gasteiger partial charge >= 0.3 is 0 Å². The third kappa shape index (κ3) is 3.28. The van der Waals surface area contributed by atoms with Crippen molar-refractivity contribution in [2.45, 2.75) is 20.4 Å². The number of hydrogen-bond acceptors (Lipinski definition) is 4. The largest absolute Gasteiger partial charge is 0.334 e. The van der Waals surface area contributed by atoms with E-state index >= 15 is 0 Å². The summed E-state index contributed by atoms with van der Waals surface area (Å²) in [5, 5.41) is 8.52. The highest BCUT2D eigenvalue weighted by molar-refractivity contribution is 6.43. The Kier molecular flexibility index (Phi) is 4.71. The zero-order valence-electron chi connectivity index (χ0n) is 15.3. The lowest BCUT2D eigenvalue weighted by atomic mass is 10.1. The van der Waals surface area contributed by atoms with Gasteiger partial charge in [0.15, 0.2) is 0 Å². The van der Waals surface area contributed by atoms with Crippen LogP contribution in [-0.4, -0.2) is 43.2 Å². The maximum Gasteiger partial charge on any atom is 0.295 e. The second-order valence-corrected chi connectivity index (χ2v) is 6.31. The number of carbonyl (C=O) groups is 2. The van der Waals surface area contributed by atoms with Crippen molar-refractivity contribution in [1.82, 2.24) is 24.5 Å². The second kappa shape index (κ2) is 6.95. The molecule has 0 spiro atoms. The highest BCUT2D eigenvalue weighted by Crippen LogP contribution is 2.19. The first-order valence-corrected chi connectivity index (χ1v) is 8.27. The number of hydrogen-bond donors (Lipinski definition) is 0. The van der Waals surface area contributed by atoms with Crippen LogP contribution >= 0.6 is 0 Å². The summed E-state index contributed by atoms with van der Waals surface area (Å²) in [7, 11) is 3.42. The molecule has 2 heterocycles. The monoisotopic (exact) mass is 351 g/mol. The molecule has 7 nitrogen and oxygen atoms in total. The van der Waals surface area contributed by atoms with Crippen molar-refractivity contribution in [3.8, 4) is 5.69 Å². The Balaban J connectivity index is 1.85. The predicted octanol–water partition coefficient (Wildman–Crippen LogP) is 2.06. The minimum atomic E-state index is -0.562. The molecule has 0 aliphatic heterocycles. The summed E-state index contributed by atoms with van der Waals surface area (Å²) in [5.41, 5.74) is 3.27. The number of amides is 1. The molecule has 0 unspecified atom stereocenters. The number of likely N-dealkylation sites (N-methyl/N-ethyl adjacent to an activating group) is 1. The van der Waals surface area contributed by atoms with Gasteiger partial charge in [-0.25, -0.2) is 4.68 Å². The Hall–Kier alpha value is -3.22. The van der Waals surface area contributed by atoms with Gasteiger partial charge in [0.2, 0.25) is 0 Å². The van der Waals surface area contributed by atoms with Crippen LogP contribution in [0.1, 0.15) is 27.3 Å². The molecule has 2 aromatic heterocycles. The van der Waals surface area contributed by atoms with Crippen LogP contribution < -0.4 is 0 Å². The lowest BCUT2D eigenvalue weighted by Gasteiger charge is -2.15. The minimum Gasteiger partial charge on any atom is -0.334 e. The molecule has 0 N–H and O–H groups in total. The van der Waals surface area contributed by atoms with E-state index in [9.17, 15) is 9.59 Å². The van der Waals surface area contributed by atoms with Gasteiger partial charge in [-0.1, -0.05) is 18.2 Å². The van der Waals surface area contributed by atoms with Gasteiger partial charge in [0.25, 0.3) is 11.7 Å². The molecule has 7 heteroatoms. The van der Waals surface area contributed by atoms with Gasteiger partial charge in [-0.2, -0.15) is 10.2 Å². The maximum atomic E-state index is 12.8. The van der Waals surface area contributed by atoms with E-state index in [4.69, 9.17) is 0 Å². The molecule has 0 radical (unpaired) electrons. The number of benzene rings is 1. The molecule has 3 rings (SSSR count). The number of aryl methyl sites for hydroxylation is 2. The van der Waals surface area contributed by atoms with E-state index in [2.05, 4.69) is 10.2 Å². The summed E-state index contributed by atoms with van der Waals surface area (Å²) in [6, 6.07) is 9.53. The van der Waals surface area contributed by atoms with E-state index in [1.54, 1.807) is 43.5 Å². The first-order chi connectivity index (χ1) is 12.4. The van der Waals surface area contributed by atoms with Crippen molar-refractivity contribution in [2.24, 2.45) is 7.05 Å². The number of para-hydroxylation sites is 1. The van der Waals surface area contributed by atoms with Crippen LogP contribution in [0.5, 0.6) is 0 Å². The fourth-order valence-corrected chi connectivity index (χ4v) is 2.97. The fraction of sp³-hybridized carbons (Fsp3) is 0.263. The molecule has 0 saturated heterocycles. The third-order valence-corrected chi connectivity index (χ3v) is 4.24. The highest BCUT2D eigenvalue weighted by Gasteiger charge is 2.27. The average molecular weight is 351 g/mol. The lowest BCUT2D eigenvalue weighted by molar-refractivity contribution is -0.125. The average Bonchev–Trinajstić information content (AvgIpc) is 3.16. The molecule has 0 atom stereocenters. The molecule has 0 fully saturated rings. The van der Waals surface area contributed by atoms with E-state index < -0.39 is 11.7 Å². The van der Waals surface area contributed by atoms with Crippen LogP contribution in [-0.2, 0) is 18.4 Å². The Labute approximate surface area is 151 Å². The van der Waals surface area contributed by atoms with Crippen molar-refractivity contribution in [1.29, 1.82) is 0 Å². The van der Waals surface area contributed by atoms with Crippen LogP contribution in [0.4, 0.5) is 0 Å². The molecule has 26 heavy (non-hydrogen) atoms. The summed E-state index contributed by atoms with van der Waals surface area (Å²) in [4.78, 5) is 26.8. The summed E-state index contributed by atoms with van der Waals surface area (Å²) in [6.07, 6.45) is 3.50. The Bertz CT molecular complexity index is 956. The van der Waals surface area contributed by atoms with Crippen molar-refractivity contribution in [3.05, 3.63) is 65.2 Å². The van der Waals surface area contributed by atoms with Crippen molar-refractivity contribution in [3.63, 3.8) is 0 Å². The van der Waals surface area contributed by atoms with Gasteiger partial charge in [-0.15, -0.1) is 0 Å². The fourth-order valence-electron chi connectivity index (χ4n) is 2.97. The van der Waals surface area contributed by atoms with Gasteiger partial charge in [-0.3, -0.25) is 14.3 Å². The second-order valence-electron chi connectivity index (χ2n) is 6.31. The molecule has 0 bridgehead atoms. The van der Waals surface area contributed by atoms with Crippen LogP contribution in [0.2, 0.25) is 0 Å². The van der Waals surface area contributed by atoms with E-state index in [1.807, 2.05) is 36.5 Å². The Morgan fingerprint density at radius 1 is 1.15 bits per heavy atom. The standard InChI is InChI=1S/C19H21N5O2/c1-13-17(14(2)24(21-13)16-8-6-5-7-9-16)18(25)19(26)22(3)11-15-10-20-23(4)12-15/h5-10,12H,11H2,1-4H3. The zero-order valence-corrected chi connectivity index (χ0v) is 15.3. The van der Waals surface area contributed by atoms with E-state index in [-0.39, 0.29) is 0 Å². The molecular weight excluding hydrogens is 330 g/mol. The summed E-state index contributed by atoms with van der Waals surface area (Å²) < 4.78 is 3.35. The first-order valence-electron chi connectivity index (χ1n) is 8.27. The lowest BCUT2D eigenvalue weighted by Crippen LogP contribution is -2.33. The van der Waals surface area contributed by atoms with Crippen LogP contribution in [0.15, 0.2) is 42.7 Å². The molecule has 3 aromatic rings.